The van der Waals surface area contributed by atoms with Gasteiger partial charge < -0.3 is 10.4 Å². The molecule has 0 bridgehead atoms. The number of carboxylic acid groups (broad SMARTS) is 1. The number of rotatable bonds is 15. The number of carbonyl (C=O) groups is 2. The van der Waals surface area contributed by atoms with E-state index in [1.54, 1.807) is 12.1 Å². The quantitative estimate of drug-likeness (QED) is 0.127. The van der Waals surface area contributed by atoms with Crippen LogP contribution in [0.2, 0.25) is 0 Å². The topological polar surface area (TPSA) is 87.5 Å². The van der Waals surface area contributed by atoms with Crippen LogP contribution in [0.15, 0.2) is 60.7 Å². The summed E-state index contributed by atoms with van der Waals surface area (Å²) in [6.07, 6.45) is 15.6. The molecule has 47 heavy (non-hydrogen) atoms. The molecule has 1 fully saturated rings. The van der Waals surface area contributed by atoms with Crippen LogP contribution in [0.4, 0.5) is 10.5 Å². The van der Waals surface area contributed by atoms with Crippen LogP contribution in [0.5, 0.6) is 0 Å². The predicted octanol–water partition coefficient (Wildman–Crippen LogP) is 10.3. The van der Waals surface area contributed by atoms with Crippen LogP contribution in [-0.2, 0) is 6.42 Å². The van der Waals surface area contributed by atoms with Crippen LogP contribution in [0.3, 0.4) is 0 Å². The van der Waals surface area contributed by atoms with E-state index >= 15 is 0 Å². The molecule has 0 atom stereocenters. The Morgan fingerprint density at radius 1 is 0.872 bits per heavy atom. The minimum atomic E-state index is -0.933. The third kappa shape index (κ3) is 8.43. The lowest BCUT2D eigenvalue weighted by atomic mass is 9.95. The van der Waals surface area contributed by atoms with Crippen LogP contribution in [0.25, 0.3) is 27.8 Å². The molecule has 3 aromatic carbocycles. The van der Waals surface area contributed by atoms with Crippen LogP contribution >= 0.6 is 0 Å². The maximum Gasteiger partial charge on any atom is 0.336 e. The van der Waals surface area contributed by atoms with Gasteiger partial charge in [0.1, 0.15) is 5.82 Å². The summed E-state index contributed by atoms with van der Waals surface area (Å²) in [6.45, 7) is 7.14. The summed E-state index contributed by atoms with van der Waals surface area (Å²) >= 11 is 0. The molecular formula is C40H52N4O3. The van der Waals surface area contributed by atoms with Crippen LogP contribution in [0, 0.1) is 6.92 Å². The number of urea groups is 1. The number of aromatic carboxylic acids is 1. The smallest absolute Gasteiger partial charge is 0.336 e. The number of nitrogens with one attached hydrogen (secondary N) is 1. The number of aryl methyl sites for hydroxylation is 2. The molecule has 4 aromatic rings. The molecule has 0 saturated heterocycles. The summed E-state index contributed by atoms with van der Waals surface area (Å²) in [5.41, 5.74) is 6.66. The molecule has 1 saturated carbocycles. The monoisotopic (exact) mass is 636 g/mol. The van der Waals surface area contributed by atoms with Gasteiger partial charge in [0.25, 0.3) is 0 Å². The molecule has 0 aliphatic heterocycles. The van der Waals surface area contributed by atoms with Crippen molar-refractivity contribution in [1.82, 2.24) is 14.9 Å². The molecule has 7 nitrogen and oxygen atoms in total. The van der Waals surface area contributed by atoms with Gasteiger partial charge in [-0.3, -0.25) is 9.47 Å². The number of anilines is 1. The number of carbonyl (C=O) groups excluding carboxylic acids is 1. The summed E-state index contributed by atoms with van der Waals surface area (Å²) in [5, 5.41) is 13.2. The number of aromatic nitrogens is 2. The van der Waals surface area contributed by atoms with Gasteiger partial charge in [0, 0.05) is 30.4 Å². The average molecular weight is 637 g/mol. The molecule has 2 N–H and O–H groups in total. The maximum atomic E-state index is 13.9. The summed E-state index contributed by atoms with van der Waals surface area (Å²) in [5.74, 6) is 0.0586. The standard InChI is InChI=1S/C40H52N4O3/c1-4-6-8-9-10-16-26-43(40(47)41-30-17-12-11-13-18-30)31-23-25-36-37(28-31)44(38(42-36)21-7-5-2)32-22-24-33(29(3)27-32)34-19-14-15-20-35(34)39(45)46/h14-15,19-20,22-25,27-28,30H,4-13,16-18,21,26H2,1-3H3,(H,41,47)(H,45,46). The molecule has 1 heterocycles. The van der Waals surface area contributed by atoms with Crippen molar-refractivity contribution in [1.29, 1.82) is 0 Å². The van der Waals surface area contributed by atoms with Crippen molar-refractivity contribution in [3.8, 4) is 16.8 Å². The van der Waals surface area contributed by atoms with Crippen molar-refractivity contribution in [3.63, 3.8) is 0 Å². The van der Waals surface area contributed by atoms with Crippen molar-refractivity contribution >= 4 is 28.7 Å². The maximum absolute atomic E-state index is 13.9. The highest BCUT2D eigenvalue weighted by atomic mass is 16.4. The molecule has 7 heteroatoms. The number of amides is 2. The lowest BCUT2D eigenvalue weighted by Crippen LogP contribution is -2.46. The average Bonchev–Trinajstić information content (AvgIpc) is 3.45. The Morgan fingerprint density at radius 3 is 2.36 bits per heavy atom. The fraction of sp³-hybridized carbons (Fsp3) is 0.475. The first kappa shape index (κ1) is 34.2. The second kappa shape index (κ2) is 16.6. The number of imidazole rings is 1. The van der Waals surface area contributed by atoms with Crippen molar-refractivity contribution in [3.05, 3.63) is 77.6 Å². The van der Waals surface area contributed by atoms with E-state index in [9.17, 15) is 14.7 Å². The van der Waals surface area contributed by atoms with Crippen molar-refractivity contribution in [2.45, 2.75) is 117 Å². The van der Waals surface area contributed by atoms with Gasteiger partial charge in [0.05, 0.1) is 16.6 Å². The number of unbranched alkanes of at least 4 members (excludes halogenated alkanes) is 6. The van der Waals surface area contributed by atoms with Gasteiger partial charge in [-0.1, -0.05) is 95.9 Å². The second-order valence-electron chi connectivity index (χ2n) is 13.2. The number of hydrogen-bond acceptors (Lipinski definition) is 3. The molecule has 1 aliphatic rings. The van der Waals surface area contributed by atoms with E-state index in [4.69, 9.17) is 4.98 Å². The lowest BCUT2D eigenvalue weighted by molar-refractivity contribution is 0.0697. The van der Waals surface area contributed by atoms with Gasteiger partial charge >= 0.3 is 12.0 Å². The number of hydrogen-bond donors (Lipinski definition) is 2. The van der Waals surface area contributed by atoms with Gasteiger partial charge in [-0.15, -0.1) is 0 Å². The Labute approximate surface area is 280 Å². The summed E-state index contributed by atoms with van der Waals surface area (Å²) < 4.78 is 2.23. The first-order valence-corrected chi connectivity index (χ1v) is 17.9. The van der Waals surface area contributed by atoms with Crippen LogP contribution < -0.4 is 10.2 Å². The van der Waals surface area contributed by atoms with E-state index in [0.717, 1.165) is 84.3 Å². The highest BCUT2D eigenvalue weighted by Crippen LogP contribution is 2.32. The number of fused-ring (bicyclic) bond motifs is 1. The molecule has 2 amide bonds. The van der Waals surface area contributed by atoms with Gasteiger partial charge in [-0.05, 0) is 85.7 Å². The SMILES string of the molecule is CCCCCCCCN(C(=O)NC1CCCCC1)c1ccc2nc(CCCC)n(-c3ccc(-c4ccccc4C(=O)O)c(C)c3)c2c1. The highest BCUT2D eigenvalue weighted by Gasteiger charge is 2.23. The Hall–Kier alpha value is -4.13. The Bertz CT molecular complexity index is 1650. The lowest BCUT2D eigenvalue weighted by Gasteiger charge is -2.28. The fourth-order valence-electron chi connectivity index (χ4n) is 6.96. The Morgan fingerprint density at radius 2 is 1.62 bits per heavy atom. The number of nitrogens with zero attached hydrogens (tertiary/aromatic N) is 3. The number of carboxylic acids is 1. The summed E-state index contributed by atoms with van der Waals surface area (Å²) in [7, 11) is 0. The third-order valence-corrected chi connectivity index (χ3v) is 9.60. The summed E-state index contributed by atoms with van der Waals surface area (Å²) in [6, 6.07) is 19.9. The van der Waals surface area contributed by atoms with E-state index in [1.165, 1.54) is 44.9 Å². The first-order chi connectivity index (χ1) is 22.9. The van der Waals surface area contributed by atoms with E-state index < -0.39 is 5.97 Å². The third-order valence-electron chi connectivity index (χ3n) is 9.60. The van der Waals surface area contributed by atoms with E-state index in [1.807, 2.05) is 30.0 Å². The zero-order valence-corrected chi connectivity index (χ0v) is 28.6. The van der Waals surface area contributed by atoms with Crippen molar-refractivity contribution in [2.75, 3.05) is 11.4 Å². The zero-order chi connectivity index (χ0) is 33.2. The Balaban J connectivity index is 1.52. The fourth-order valence-corrected chi connectivity index (χ4v) is 6.96. The highest BCUT2D eigenvalue weighted by molar-refractivity contribution is 5.97. The zero-order valence-electron chi connectivity index (χ0n) is 28.6. The van der Waals surface area contributed by atoms with Crippen molar-refractivity contribution < 1.29 is 14.7 Å². The van der Waals surface area contributed by atoms with E-state index in [0.29, 0.717) is 17.7 Å². The van der Waals surface area contributed by atoms with Crippen LogP contribution in [0.1, 0.15) is 119 Å². The molecule has 1 aliphatic carbocycles. The second-order valence-corrected chi connectivity index (χ2v) is 13.2. The van der Waals surface area contributed by atoms with E-state index in [2.05, 4.69) is 54.1 Å². The molecule has 0 spiro atoms. The Kier molecular flexibility index (Phi) is 12.1. The summed E-state index contributed by atoms with van der Waals surface area (Å²) in [4.78, 5) is 32.9. The number of benzene rings is 3. The van der Waals surface area contributed by atoms with Gasteiger partial charge in [-0.2, -0.15) is 0 Å². The van der Waals surface area contributed by atoms with E-state index in [-0.39, 0.29) is 12.1 Å². The predicted molar refractivity (Wildman–Crippen MR) is 193 cm³/mol. The molecule has 1 aromatic heterocycles. The minimum absolute atomic E-state index is 0.000580. The molecular weight excluding hydrogens is 584 g/mol. The molecule has 250 valence electrons. The molecule has 0 radical (unpaired) electrons. The van der Waals surface area contributed by atoms with Gasteiger partial charge in [-0.25, -0.2) is 14.6 Å². The molecule has 0 unspecified atom stereocenters. The first-order valence-electron chi connectivity index (χ1n) is 17.9. The van der Waals surface area contributed by atoms with Gasteiger partial charge in [0.15, 0.2) is 0 Å². The van der Waals surface area contributed by atoms with Gasteiger partial charge in [0.2, 0.25) is 0 Å². The van der Waals surface area contributed by atoms with Crippen molar-refractivity contribution in [2.24, 2.45) is 0 Å². The van der Waals surface area contributed by atoms with Crippen LogP contribution in [-0.4, -0.2) is 39.2 Å². The normalized spacial score (nSPS) is 13.6. The largest absolute Gasteiger partial charge is 0.478 e. The molecule has 5 rings (SSSR count). The minimum Gasteiger partial charge on any atom is -0.478 e.